The lowest BCUT2D eigenvalue weighted by Crippen LogP contribution is -2.42. The van der Waals surface area contributed by atoms with Gasteiger partial charge in [-0.3, -0.25) is 14.5 Å². The lowest BCUT2D eigenvalue weighted by Gasteiger charge is -2.34. The van der Waals surface area contributed by atoms with Crippen molar-refractivity contribution in [3.05, 3.63) is 0 Å². The summed E-state index contributed by atoms with van der Waals surface area (Å²) in [6.07, 6.45) is 3.60. The predicted octanol–water partition coefficient (Wildman–Crippen LogP) is 0.191. The van der Waals surface area contributed by atoms with Crippen LogP contribution >= 0.6 is 0 Å². The van der Waals surface area contributed by atoms with Crippen molar-refractivity contribution in [1.29, 1.82) is 0 Å². The zero-order valence-corrected chi connectivity index (χ0v) is 8.82. The highest BCUT2D eigenvalue weighted by Gasteiger charge is 2.23. The van der Waals surface area contributed by atoms with E-state index in [1.54, 1.807) is 0 Å². The summed E-state index contributed by atoms with van der Waals surface area (Å²) in [6.45, 7) is 1.40. The molecule has 3 N–H and O–H groups in total. The number of amides is 1. The van der Waals surface area contributed by atoms with Gasteiger partial charge in [-0.2, -0.15) is 0 Å². The molecule has 86 valence electrons. The van der Waals surface area contributed by atoms with Gasteiger partial charge in [0.25, 0.3) is 0 Å². The lowest BCUT2D eigenvalue weighted by atomic mass is 9.99. The third kappa shape index (κ3) is 4.29. The molecule has 0 aromatic carbocycles. The zero-order chi connectivity index (χ0) is 11.3. The first kappa shape index (κ1) is 12.0. The molecule has 1 aliphatic heterocycles. The van der Waals surface area contributed by atoms with E-state index < -0.39 is 5.97 Å². The highest BCUT2D eigenvalue weighted by molar-refractivity contribution is 5.74. The van der Waals surface area contributed by atoms with Gasteiger partial charge in [0.1, 0.15) is 0 Å². The monoisotopic (exact) mass is 214 g/mol. The van der Waals surface area contributed by atoms with Crippen LogP contribution in [0.15, 0.2) is 0 Å². The van der Waals surface area contributed by atoms with E-state index in [4.69, 9.17) is 10.8 Å². The molecule has 5 heteroatoms. The number of rotatable bonds is 5. The summed E-state index contributed by atoms with van der Waals surface area (Å²) >= 11 is 0. The van der Waals surface area contributed by atoms with E-state index in [1.165, 1.54) is 0 Å². The molecule has 0 bridgehead atoms. The Kier molecular flexibility index (Phi) is 4.55. The molecule has 0 saturated carbocycles. The Bertz CT molecular complexity index is 243. The minimum Gasteiger partial charge on any atom is -0.481 e. The van der Waals surface area contributed by atoms with Crippen molar-refractivity contribution < 1.29 is 14.7 Å². The summed E-state index contributed by atoms with van der Waals surface area (Å²) in [5, 5.41) is 8.59. The Hall–Kier alpha value is -1.10. The molecule has 1 fully saturated rings. The Morgan fingerprint density at radius 2 is 2.13 bits per heavy atom. The molecular weight excluding hydrogens is 196 g/mol. The largest absolute Gasteiger partial charge is 0.481 e. The number of aliphatic carboxylic acids is 1. The van der Waals surface area contributed by atoms with Gasteiger partial charge in [-0.15, -0.1) is 0 Å². The first-order valence-corrected chi connectivity index (χ1v) is 5.33. The van der Waals surface area contributed by atoms with Crippen LogP contribution in [0.1, 0.15) is 32.1 Å². The standard InChI is InChI=1S/C10H18N2O3/c11-9(13)7-8-3-1-2-5-12(8)6-4-10(14)15/h8H,1-7H2,(H2,11,13)(H,14,15). The molecule has 0 spiro atoms. The van der Waals surface area contributed by atoms with E-state index in [1.807, 2.05) is 0 Å². The Morgan fingerprint density at radius 1 is 1.40 bits per heavy atom. The van der Waals surface area contributed by atoms with Crippen molar-refractivity contribution >= 4 is 11.9 Å². The van der Waals surface area contributed by atoms with Crippen LogP contribution in [0.2, 0.25) is 0 Å². The maximum atomic E-state index is 10.8. The van der Waals surface area contributed by atoms with Gasteiger partial charge in [-0.25, -0.2) is 0 Å². The van der Waals surface area contributed by atoms with Gasteiger partial charge >= 0.3 is 5.97 Å². The molecule has 1 atom stereocenters. The van der Waals surface area contributed by atoms with E-state index in [0.717, 1.165) is 25.8 Å². The van der Waals surface area contributed by atoms with E-state index in [2.05, 4.69) is 4.90 Å². The quantitative estimate of drug-likeness (QED) is 0.684. The number of carbonyl (C=O) groups excluding carboxylic acids is 1. The zero-order valence-electron chi connectivity index (χ0n) is 8.82. The normalized spacial score (nSPS) is 22.5. The lowest BCUT2D eigenvalue weighted by molar-refractivity contribution is -0.137. The van der Waals surface area contributed by atoms with Crippen LogP contribution in [0.3, 0.4) is 0 Å². The second kappa shape index (κ2) is 5.70. The van der Waals surface area contributed by atoms with Gasteiger partial charge in [0.2, 0.25) is 5.91 Å². The molecule has 1 heterocycles. The maximum Gasteiger partial charge on any atom is 0.304 e. The van der Waals surface area contributed by atoms with Gasteiger partial charge in [0.05, 0.1) is 6.42 Å². The van der Waals surface area contributed by atoms with E-state index >= 15 is 0 Å². The topological polar surface area (TPSA) is 83.6 Å². The van der Waals surface area contributed by atoms with Gasteiger partial charge in [-0.05, 0) is 19.4 Å². The molecule has 0 aromatic rings. The number of carboxylic acids is 1. The second-order valence-electron chi connectivity index (χ2n) is 4.00. The number of hydrogen-bond donors (Lipinski definition) is 2. The van der Waals surface area contributed by atoms with E-state index in [0.29, 0.717) is 13.0 Å². The van der Waals surface area contributed by atoms with Crippen LogP contribution in [0.4, 0.5) is 0 Å². The molecule has 1 rings (SSSR count). The predicted molar refractivity (Wildman–Crippen MR) is 55.3 cm³/mol. The molecular formula is C10H18N2O3. The number of carbonyl (C=O) groups is 2. The number of nitrogens with zero attached hydrogens (tertiary/aromatic N) is 1. The van der Waals surface area contributed by atoms with Crippen LogP contribution < -0.4 is 5.73 Å². The number of hydrogen-bond acceptors (Lipinski definition) is 3. The summed E-state index contributed by atoms with van der Waals surface area (Å²) in [7, 11) is 0. The number of carboxylic acid groups (broad SMARTS) is 1. The molecule has 0 radical (unpaired) electrons. The maximum absolute atomic E-state index is 10.8. The second-order valence-corrected chi connectivity index (χ2v) is 4.00. The van der Waals surface area contributed by atoms with E-state index in [-0.39, 0.29) is 18.4 Å². The minimum atomic E-state index is -0.793. The average molecular weight is 214 g/mol. The number of piperidine rings is 1. The Balaban J connectivity index is 2.42. The van der Waals surface area contributed by atoms with Crippen LogP contribution in [-0.2, 0) is 9.59 Å². The van der Waals surface area contributed by atoms with Gasteiger partial charge in [0, 0.05) is 19.0 Å². The number of primary amides is 1. The van der Waals surface area contributed by atoms with Gasteiger partial charge in [-0.1, -0.05) is 6.42 Å². The highest BCUT2D eigenvalue weighted by Crippen LogP contribution is 2.19. The van der Waals surface area contributed by atoms with Crippen LogP contribution in [0.5, 0.6) is 0 Å². The highest BCUT2D eigenvalue weighted by atomic mass is 16.4. The molecule has 1 aliphatic rings. The van der Waals surface area contributed by atoms with Crippen LogP contribution in [0.25, 0.3) is 0 Å². The van der Waals surface area contributed by atoms with Crippen molar-refractivity contribution in [3.63, 3.8) is 0 Å². The first-order chi connectivity index (χ1) is 7.09. The fraction of sp³-hybridized carbons (Fsp3) is 0.800. The average Bonchev–Trinajstić information content (AvgIpc) is 2.15. The SMILES string of the molecule is NC(=O)CC1CCCCN1CCC(=O)O. The third-order valence-electron chi connectivity index (χ3n) is 2.80. The Morgan fingerprint density at radius 3 is 2.73 bits per heavy atom. The van der Waals surface area contributed by atoms with Crippen LogP contribution in [-0.4, -0.2) is 41.0 Å². The van der Waals surface area contributed by atoms with Crippen LogP contribution in [0, 0.1) is 0 Å². The number of nitrogens with two attached hydrogens (primary N) is 1. The molecule has 1 saturated heterocycles. The van der Waals surface area contributed by atoms with Gasteiger partial charge < -0.3 is 10.8 Å². The fourth-order valence-electron chi connectivity index (χ4n) is 2.06. The van der Waals surface area contributed by atoms with Crippen molar-refractivity contribution in [2.24, 2.45) is 5.73 Å². The molecule has 0 aliphatic carbocycles. The smallest absolute Gasteiger partial charge is 0.304 e. The molecule has 15 heavy (non-hydrogen) atoms. The summed E-state index contributed by atoms with van der Waals surface area (Å²) in [5.41, 5.74) is 5.16. The molecule has 0 aromatic heterocycles. The first-order valence-electron chi connectivity index (χ1n) is 5.33. The summed E-state index contributed by atoms with van der Waals surface area (Å²) in [6, 6.07) is 0.149. The van der Waals surface area contributed by atoms with Crippen molar-refractivity contribution in [2.45, 2.75) is 38.1 Å². The van der Waals surface area contributed by atoms with Gasteiger partial charge in [0.15, 0.2) is 0 Å². The molecule has 5 nitrogen and oxygen atoms in total. The summed E-state index contributed by atoms with van der Waals surface area (Å²) in [4.78, 5) is 23.4. The Labute approximate surface area is 89.2 Å². The minimum absolute atomic E-state index is 0.134. The summed E-state index contributed by atoms with van der Waals surface area (Å²) < 4.78 is 0. The van der Waals surface area contributed by atoms with Crippen molar-refractivity contribution in [2.75, 3.05) is 13.1 Å². The third-order valence-corrected chi connectivity index (χ3v) is 2.80. The summed E-state index contributed by atoms with van der Waals surface area (Å²) in [5.74, 6) is -1.10. The molecule has 1 amide bonds. The van der Waals surface area contributed by atoms with Crippen molar-refractivity contribution in [1.82, 2.24) is 4.90 Å². The van der Waals surface area contributed by atoms with E-state index in [9.17, 15) is 9.59 Å². The van der Waals surface area contributed by atoms with Crippen molar-refractivity contribution in [3.8, 4) is 0 Å². The fourth-order valence-corrected chi connectivity index (χ4v) is 2.06. The number of likely N-dealkylation sites (tertiary alicyclic amines) is 1. The molecule has 1 unspecified atom stereocenters.